The number of phenols is 2. The van der Waals surface area contributed by atoms with Crippen LogP contribution in [0.2, 0.25) is 0 Å². The maximum atomic E-state index is 12.2. The van der Waals surface area contributed by atoms with Crippen LogP contribution in [0.1, 0.15) is 36.0 Å². The zero-order chi connectivity index (χ0) is 14.1. The summed E-state index contributed by atoms with van der Waals surface area (Å²) in [7, 11) is 0. The summed E-state index contributed by atoms with van der Waals surface area (Å²) >= 11 is 0. The summed E-state index contributed by atoms with van der Waals surface area (Å²) in [6, 6.07) is 4.59. The van der Waals surface area contributed by atoms with Crippen LogP contribution in [0.15, 0.2) is 18.2 Å². The van der Waals surface area contributed by atoms with E-state index in [9.17, 15) is 15.0 Å². The molecule has 2 aliphatic heterocycles. The molecule has 2 unspecified atom stereocenters. The van der Waals surface area contributed by atoms with Crippen LogP contribution in [0, 0.1) is 0 Å². The van der Waals surface area contributed by atoms with Crippen LogP contribution < -0.4 is 5.32 Å². The van der Waals surface area contributed by atoms with Gasteiger partial charge in [0.05, 0.1) is 0 Å². The van der Waals surface area contributed by atoms with Crippen molar-refractivity contribution in [2.45, 2.75) is 37.8 Å². The van der Waals surface area contributed by atoms with Crippen molar-refractivity contribution in [2.75, 3.05) is 13.1 Å². The topological polar surface area (TPSA) is 72.8 Å². The van der Waals surface area contributed by atoms with Crippen molar-refractivity contribution in [3.05, 3.63) is 23.8 Å². The number of carbonyl (C=O) groups excluding carboxylic acids is 1. The Labute approximate surface area is 118 Å². The maximum absolute atomic E-state index is 12.2. The minimum absolute atomic E-state index is 0.0964. The summed E-state index contributed by atoms with van der Waals surface area (Å²) in [5, 5.41) is 21.9. The van der Waals surface area contributed by atoms with E-state index in [0.717, 1.165) is 25.9 Å². The Morgan fingerprint density at radius 2 is 1.85 bits per heavy atom. The lowest BCUT2D eigenvalue weighted by Gasteiger charge is -2.32. The Morgan fingerprint density at radius 3 is 2.60 bits per heavy atom. The van der Waals surface area contributed by atoms with Crippen LogP contribution in [0.5, 0.6) is 11.5 Å². The summed E-state index contributed by atoms with van der Waals surface area (Å²) in [6.45, 7) is 2.17. The summed E-state index contributed by atoms with van der Waals surface area (Å²) < 4.78 is 0. The Morgan fingerprint density at radius 1 is 1.10 bits per heavy atom. The standard InChI is InChI=1S/C15H20N2O3/c18-11-7-10(8-12(19)9-11)15(20)16-13-4-6-17-5-2-1-3-14(13)17/h7-9,13-14,18-19H,1-6H2,(H,16,20). The number of hydrogen-bond acceptors (Lipinski definition) is 4. The first-order valence-corrected chi connectivity index (χ1v) is 7.21. The Balaban J connectivity index is 1.69. The Kier molecular flexibility index (Phi) is 3.53. The average molecular weight is 276 g/mol. The smallest absolute Gasteiger partial charge is 0.251 e. The lowest BCUT2D eigenvalue weighted by molar-refractivity contribution is 0.0914. The number of nitrogens with one attached hydrogen (secondary N) is 1. The summed E-state index contributed by atoms with van der Waals surface area (Å²) in [5.41, 5.74) is 0.303. The van der Waals surface area contributed by atoms with Crippen LogP contribution in [-0.2, 0) is 0 Å². The van der Waals surface area contributed by atoms with Crippen LogP contribution in [0.25, 0.3) is 0 Å². The summed E-state index contributed by atoms with van der Waals surface area (Å²) in [5.74, 6) is -0.421. The molecule has 2 aliphatic rings. The second-order valence-corrected chi connectivity index (χ2v) is 5.71. The first kappa shape index (κ1) is 13.2. The van der Waals surface area contributed by atoms with Gasteiger partial charge in [-0.15, -0.1) is 0 Å². The van der Waals surface area contributed by atoms with Crippen LogP contribution in [0.4, 0.5) is 0 Å². The van der Waals surface area contributed by atoms with Gasteiger partial charge in [0.25, 0.3) is 5.91 Å². The van der Waals surface area contributed by atoms with Crippen molar-refractivity contribution >= 4 is 5.91 Å². The number of piperidine rings is 1. The molecule has 0 radical (unpaired) electrons. The van der Waals surface area contributed by atoms with E-state index in [4.69, 9.17) is 0 Å². The van der Waals surface area contributed by atoms with Crippen LogP contribution >= 0.6 is 0 Å². The molecule has 2 atom stereocenters. The largest absolute Gasteiger partial charge is 0.508 e. The highest BCUT2D eigenvalue weighted by atomic mass is 16.3. The number of phenolic OH excluding ortho intramolecular Hbond substituents is 2. The molecular formula is C15H20N2O3. The molecule has 0 aliphatic carbocycles. The van der Waals surface area contributed by atoms with Crippen LogP contribution in [-0.4, -0.2) is 46.2 Å². The van der Waals surface area contributed by atoms with Gasteiger partial charge < -0.3 is 15.5 Å². The molecule has 2 fully saturated rings. The van der Waals surface area contributed by atoms with Gasteiger partial charge in [-0.1, -0.05) is 6.42 Å². The highest BCUT2D eigenvalue weighted by molar-refractivity contribution is 5.95. The number of hydrogen-bond donors (Lipinski definition) is 3. The van der Waals surface area contributed by atoms with E-state index in [1.54, 1.807) is 0 Å². The van der Waals surface area contributed by atoms with Gasteiger partial charge in [0, 0.05) is 30.3 Å². The molecule has 2 saturated heterocycles. The number of fused-ring (bicyclic) bond motifs is 1. The number of rotatable bonds is 2. The van der Waals surface area contributed by atoms with E-state index in [2.05, 4.69) is 10.2 Å². The third-order valence-electron chi connectivity index (χ3n) is 4.34. The minimum atomic E-state index is -0.228. The van der Waals surface area contributed by atoms with Crippen molar-refractivity contribution in [2.24, 2.45) is 0 Å². The molecule has 5 heteroatoms. The Hall–Kier alpha value is -1.75. The van der Waals surface area contributed by atoms with Crippen molar-refractivity contribution in [1.82, 2.24) is 10.2 Å². The third-order valence-corrected chi connectivity index (χ3v) is 4.34. The van der Waals surface area contributed by atoms with Gasteiger partial charge in [-0.25, -0.2) is 0 Å². The summed E-state index contributed by atoms with van der Waals surface area (Å²) in [4.78, 5) is 14.7. The summed E-state index contributed by atoms with van der Waals surface area (Å²) in [6.07, 6.45) is 4.58. The fourth-order valence-electron chi connectivity index (χ4n) is 3.39. The number of carbonyl (C=O) groups is 1. The van der Waals surface area contributed by atoms with Gasteiger partial charge in [0.15, 0.2) is 0 Å². The van der Waals surface area contributed by atoms with Gasteiger partial charge in [0.1, 0.15) is 11.5 Å². The van der Waals surface area contributed by atoms with E-state index in [1.807, 2.05) is 0 Å². The molecule has 0 bridgehead atoms. The van der Waals surface area contributed by atoms with E-state index in [0.29, 0.717) is 11.6 Å². The molecule has 0 saturated carbocycles. The first-order chi connectivity index (χ1) is 9.63. The van der Waals surface area contributed by atoms with Crippen molar-refractivity contribution in [1.29, 1.82) is 0 Å². The second-order valence-electron chi connectivity index (χ2n) is 5.71. The van der Waals surface area contributed by atoms with Gasteiger partial charge in [0.2, 0.25) is 0 Å². The van der Waals surface area contributed by atoms with Gasteiger partial charge >= 0.3 is 0 Å². The highest BCUT2D eigenvalue weighted by Crippen LogP contribution is 2.27. The normalized spacial score (nSPS) is 26.2. The molecule has 1 aromatic carbocycles. The molecule has 2 heterocycles. The number of nitrogens with zero attached hydrogens (tertiary/aromatic N) is 1. The van der Waals surface area contributed by atoms with E-state index in [-0.39, 0.29) is 23.4 Å². The highest BCUT2D eigenvalue weighted by Gasteiger charge is 2.36. The molecule has 0 spiro atoms. The molecule has 1 aromatic rings. The predicted octanol–water partition coefficient (Wildman–Crippen LogP) is 1.45. The molecule has 5 nitrogen and oxygen atoms in total. The maximum Gasteiger partial charge on any atom is 0.251 e. The van der Waals surface area contributed by atoms with Gasteiger partial charge in [-0.2, -0.15) is 0 Å². The molecule has 108 valence electrons. The van der Waals surface area contributed by atoms with Crippen LogP contribution in [0.3, 0.4) is 0 Å². The fraction of sp³-hybridized carbons (Fsp3) is 0.533. The molecular weight excluding hydrogens is 256 g/mol. The average Bonchev–Trinajstić information content (AvgIpc) is 2.81. The van der Waals surface area contributed by atoms with E-state index < -0.39 is 0 Å². The molecule has 3 N–H and O–H groups in total. The van der Waals surface area contributed by atoms with Gasteiger partial charge in [-0.05, 0) is 37.9 Å². The van der Waals surface area contributed by atoms with Crippen molar-refractivity contribution in [3.8, 4) is 11.5 Å². The van der Waals surface area contributed by atoms with Gasteiger partial charge in [-0.3, -0.25) is 9.69 Å². The Bertz CT molecular complexity index is 498. The lowest BCUT2D eigenvalue weighted by Crippen LogP contribution is -2.46. The molecule has 20 heavy (non-hydrogen) atoms. The monoisotopic (exact) mass is 276 g/mol. The molecule has 1 amide bonds. The number of aromatic hydroxyl groups is 2. The van der Waals surface area contributed by atoms with Crippen molar-refractivity contribution in [3.63, 3.8) is 0 Å². The lowest BCUT2D eigenvalue weighted by atomic mass is 9.99. The number of benzene rings is 1. The van der Waals surface area contributed by atoms with E-state index in [1.165, 1.54) is 31.0 Å². The predicted molar refractivity (Wildman–Crippen MR) is 74.9 cm³/mol. The molecule has 0 aromatic heterocycles. The SMILES string of the molecule is O=C(NC1CCN2CCCCC12)c1cc(O)cc(O)c1. The fourth-order valence-corrected chi connectivity index (χ4v) is 3.39. The first-order valence-electron chi connectivity index (χ1n) is 7.21. The zero-order valence-electron chi connectivity index (χ0n) is 11.4. The third kappa shape index (κ3) is 2.58. The minimum Gasteiger partial charge on any atom is -0.508 e. The van der Waals surface area contributed by atoms with Crippen molar-refractivity contribution < 1.29 is 15.0 Å². The molecule has 3 rings (SSSR count). The quantitative estimate of drug-likeness (QED) is 0.764. The zero-order valence-corrected chi connectivity index (χ0v) is 11.4. The van der Waals surface area contributed by atoms with E-state index >= 15 is 0 Å². The number of amides is 1. The second kappa shape index (κ2) is 5.32.